The van der Waals surface area contributed by atoms with E-state index in [4.69, 9.17) is 9.73 Å². The Balaban J connectivity index is 1.67. The first kappa shape index (κ1) is 15.6. The van der Waals surface area contributed by atoms with Crippen molar-refractivity contribution in [2.24, 2.45) is 10.9 Å². The van der Waals surface area contributed by atoms with Crippen molar-refractivity contribution in [3.63, 3.8) is 0 Å². The topological polar surface area (TPSA) is 48.9 Å². The van der Waals surface area contributed by atoms with Crippen LogP contribution in [0.25, 0.3) is 0 Å². The molecule has 1 atom stereocenters. The highest BCUT2D eigenvalue weighted by Crippen LogP contribution is 2.31. The molecule has 5 nitrogen and oxygen atoms in total. The van der Waals surface area contributed by atoms with Gasteiger partial charge in [0.15, 0.2) is 5.96 Å². The first-order chi connectivity index (χ1) is 9.83. The molecule has 0 aromatic carbocycles. The highest BCUT2D eigenvalue weighted by atomic mass is 16.5. The molecule has 2 rings (SSSR count). The van der Waals surface area contributed by atoms with Crippen LogP contribution in [0.5, 0.6) is 0 Å². The van der Waals surface area contributed by atoms with E-state index in [1.807, 2.05) is 6.92 Å². The maximum absolute atomic E-state index is 5.34. The maximum atomic E-state index is 5.34. The number of aliphatic imine (C=N–C) groups is 1. The van der Waals surface area contributed by atoms with Crippen molar-refractivity contribution in [1.82, 2.24) is 15.5 Å². The summed E-state index contributed by atoms with van der Waals surface area (Å²) >= 11 is 0. The number of guanidine groups is 1. The van der Waals surface area contributed by atoms with E-state index in [0.717, 1.165) is 50.8 Å². The molecule has 1 aliphatic heterocycles. The van der Waals surface area contributed by atoms with Crippen molar-refractivity contribution >= 4 is 5.96 Å². The highest BCUT2D eigenvalue weighted by molar-refractivity contribution is 5.79. The number of rotatable bonds is 8. The Morgan fingerprint density at radius 1 is 1.25 bits per heavy atom. The lowest BCUT2D eigenvalue weighted by Gasteiger charge is -2.15. The normalized spacial score (nSPS) is 24.1. The minimum absolute atomic E-state index is 0.734. The van der Waals surface area contributed by atoms with Gasteiger partial charge >= 0.3 is 0 Å². The molecule has 1 saturated carbocycles. The number of likely N-dealkylation sites (tertiary alicyclic amines) is 1. The summed E-state index contributed by atoms with van der Waals surface area (Å²) in [5, 5.41) is 6.63. The summed E-state index contributed by atoms with van der Waals surface area (Å²) in [6, 6.07) is 0.904. The Kier molecular flexibility index (Phi) is 6.60. The van der Waals surface area contributed by atoms with Gasteiger partial charge in [0.1, 0.15) is 0 Å². The zero-order valence-electron chi connectivity index (χ0n) is 13.0. The van der Waals surface area contributed by atoms with Crippen LogP contribution in [0.3, 0.4) is 0 Å². The maximum Gasteiger partial charge on any atom is 0.191 e. The molecule has 2 fully saturated rings. The Hall–Kier alpha value is -0.810. The van der Waals surface area contributed by atoms with Crippen molar-refractivity contribution in [1.29, 1.82) is 0 Å². The van der Waals surface area contributed by atoms with Crippen molar-refractivity contribution < 1.29 is 4.74 Å². The molecule has 5 heteroatoms. The third-order valence-electron chi connectivity index (χ3n) is 3.98. The van der Waals surface area contributed by atoms with E-state index >= 15 is 0 Å². The van der Waals surface area contributed by atoms with Gasteiger partial charge in [-0.05, 0) is 45.6 Å². The number of hydrogen-bond donors (Lipinski definition) is 2. The second-order valence-electron chi connectivity index (χ2n) is 5.72. The van der Waals surface area contributed by atoms with E-state index in [9.17, 15) is 0 Å². The average molecular weight is 282 g/mol. The van der Waals surface area contributed by atoms with Gasteiger partial charge < -0.3 is 20.3 Å². The molecule has 0 bridgehead atoms. The molecular formula is C15H30N4O. The molecular weight excluding hydrogens is 252 g/mol. The van der Waals surface area contributed by atoms with Crippen molar-refractivity contribution in [3.05, 3.63) is 0 Å². The second kappa shape index (κ2) is 8.47. The van der Waals surface area contributed by atoms with Crippen LogP contribution in [0.15, 0.2) is 4.99 Å². The van der Waals surface area contributed by atoms with Crippen LogP contribution in [0.4, 0.5) is 0 Å². The van der Waals surface area contributed by atoms with Crippen LogP contribution >= 0.6 is 0 Å². The van der Waals surface area contributed by atoms with Crippen molar-refractivity contribution in [2.75, 3.05) is 45.9 Å². The van der Waals surface area contributed by atoms with Crippen molar-refractivity contribution in [2.45, 2.75) is 39.2 Å². The van der Waals surface area contributed by atoms with Gasteiger partial charge in [-0.2, -0.15) is 0 Å². The van der Waals surface area contributed by atoms with Gasteiger partial charge in [-0.25, -0.2) is 0 Å². The lowest BCUT2D eigenvalue weighted by Crippen LogP contribution is -2.39. The Bertz CT molecular complexity index is 304. The van der Waals surface area contributed by atoms with Gasteiger partial charge in [0.25, 0.3) is 0 Å². The molecule has 1 heterocycles. The number of hydrogen-bond acceptors (Lipinski definition) is 3. The van der Waals surface area contributed by atoms with Crippen LogP contribution in [0, 0.1) is 5.92 Å². The zero-order valence-corrected chi connectivity index (χ0v) is 13.0. The Labute approximate surface area is 123 Å². The fourth-order valence-electron chi connectivity index (χ4n) is 2.73. The molecule has 1 saturated heterocycles. The molecule has 1 unspecified atom stereocenters. The van der Waals surface area contributed by atoms with Gasteiger partial charge in [-0.15, -0.1) is 0 Å². The fourth-order valence-corrected chi connectivity index (χ4v) is 2.73. The minimum atomic E-state index is 0.734. The first-order valence-corrected chi connectivity index (χ1v) is 8.17. The van der Waals surface area contributed by atoms with Gasteiger partial charge in [0, 0.05) is 38.8 Å². The highest BCUT2D eigenvalue weighted by Gasteiger charge is 2.34. The summed E-state index contributed by atoms with van der Waals surface area (Å²) < 4.78 is 5.34. The number of nitrogens with zero attached hydrogens (tertiary/aromatic N) is 2. The third kappa shape index (κ3) is 5.29. The molecule has 0 spiro atoms. The summed E-state index contributed by atoms with van der Waals surface area (Å²) in [6.07, 6.45) is 4.13. The molecule has 0 aromatic rings. The predicted octanol–water partition coefficient (Wildman–Crippen LogP) is 1.06. The van der Waals surface area contributed by atoms with Gasteiger partial charge in [-0.3, -0.25) is 4.99 Å². The summed E-state index contributed by atoms with van der Waals surface area (Å²) in [5.74, 6) is 1.66. The summed E-state index contributed by atoms with van der Waals surface area (Å²) in [7, 11) is 0. The van der Waals surface area contributed by atoms with Crippen LogP contribution in [-0.4, -0.2) is 62.8 Å². The second-order valence-corrected chi connectivity index (χ2v) is 5.72. The lowest BCUT2D eigenvalue weighted by molar-refractivity contribution is 0.152. The van der Waals surface area contributed by atoms with E-state index in [2.05, 4.69) is 22.5 Å². The van der Waals surface area contributed by atoms with Crippen LogP contribution < -0.4 is 10.6 Å². The van der Waals surface area contributed by atoms with Crippen LogP contribution in [0.2, 0.25) is 0 Å². The molecule has 0 amide bonds. The molecule has 116 valence electrons. The molecule has 1 aliphatic carbocycles. The van der Waals surface area contributed by atoms with E-state index in [1.165, 1.54) is 32.4 Å². The largest absolute Gasteiger partial charge is 0.380 e. The Morgan fingerprint density at radius 2 is 2.10 bits per heavy atom. The number of ether oxygens (including phenoxy) is 1. The molecule has 20 heavy (non-hydrogen) atoms. The van der Waals surface area contributed by atoms with Crippen LogP contribution in [-0.2, 0) is 4.74 Å². The van der Waals surface area contributed by atoms with E-state index < -0.39 is 0 Å². The van der Waals surface area contributed by atoms with E-state index in [-0.39, 0.29) is 0 Å². The summed E-state index contributed by atoms with van der Waals surface area (Å²) in [4.78, 5) is 7.37. The smallest absolute Gasteiger partial charge is 0.191 e. The summed E-state index contributed by atoms with van der Waals surface area (Å²) in [5.41, 5.74) is 0. The quantitative estimate of drug-likeness (QED) is 0.397. The molecule has 0 radical (unpaired) electrons. The average Bonchev–Trinajstić information content (AvgIpc) is 3.20. The van der Waals surface area contributed by atoms with Gasteiger partial charge in [-0.1, -0.05) is 0 Å². The predicted molar refractivity (Wildman–Crippen MR) is 83.2 cm³/mol. The Morgan fingerprint density at radius 3 is 2.80 bits per heavy atom. The number of nitrogens with one attached hydrogen (secondary N) is 2. The summed E-state index contributed by atoms with van der Waals surface area (Å²) in [6.45, 7) is 10.8. The lowest BCUT2D eigenvalue weighted by atomic mass is 10.1. The molecule has 2 N–H and O–H groups in total. The van der Waals surface area contributed by atoms with Gasteiger partial charge in [0.2, 0.25) is 0 Å². The van der Waals surface area contributed by atoms with Gasteiger partial charge in [0.05, 0.1) is 6.61 Å². The van der Waals surface area contributed by atoms with E-state index in [1.54, 1.807) is 0 Å². The minimum Gasteiger partial charge on any atom is -0.380 e. The SMILES string of the molecule is CCNC(=NCC1CCN(C2CC2)C1)NCCOCC. The third-order valence-corrected chi connectivity index (χ3v) is 3.98. The van der Waals surface area contributed by atoms with Crippen LogP contribution in [0.1, 0.15) is 33.1 Å². The molecule has 0 aromatic heterocycles. The molecule has 2 aliphatic rings. The van der Waals surface area contributed by atoms with Crippen molar-refractivity contribution in [3.8, 4) is 0 Å². The fraction of sp³-hybridized carbons (Fsp3) is 0.933. The monoisotopic (exact) mass is 282 g/mol. The van der Waals surface area contributed by atoms with E-state index in [0.29, 0.717) is 0 Å². The zero-order chi connectivity index (χ0) is 14.2. The first-order valence-electron chi connectivity index (χ1n) is 8.17. The standard InChI is InChI=1S/C15H30N4O/c1-3-16-15(17-8-10-20-4-2)18-11-13-7-9-19(12-13)14-5-6-14/h13-14H,3-12H2,1-2H3,(H2,16,17,18).